The van der Waals surface area contributed by atoms with Crippen molar-refractivity contribution in [3.05, 3.63) is 12.7 Å². The zero-order valence-electron chi connectivity index (χ0n) is 10.4. The summed E-state index contributed by atoms with van der Waals surface area (Å²) in [5, 5.41) is 3.18. The first-order valence-electron chi connectivity index (χ1n) is 6.28. The standard InChI is InChI=1S/C12H19N3O3/c1-2-11(16)15-6-3-10(9-15)18-12(17)14-7-4-13-5-8-14/h2,10,13H,1,3-9H2. The third-order valence-electron chi connectivity index (χ3n) is 3.27. The maximum atomic E-state index is 11.9. The van der Waals surface area contributed by atoms with Crippen LogP contribution >= 0.6 is 0 Å². The lowest BCUT2D eigenvalue weighted by Gasteiger charge is -2.27. The van der Waals surface area contributed by atoms with Gasteiger partial charge in [-0.1, -0.05) is 6.58 Å². The van der Waals surface area contributed by atoms with E-state index in [9.17, 15) is 9.59 Å². The Bertz CT molecular complexity index is 339. The topological polar surface area (TPSA) is 61.9 Å². The van der Waals surface area contributed by atoms with Crippen LogP contribution in [0.1, 0.15) is 6.42 Å². The molecule has 0 bridgehead atoms. The lowest BCUT2D eigenvalue weighted by molar-refractivity contribution is -0.125. The highest BCUT2D eigenvalue weighted by atomic mass is 16.6. The van der Waals surface area contributed by atoms with Crippen molar-refractivity contribution in [1.29, 1.82) is 0 Å². The molecule has 1 unspecified atom stereocenters. The summed E-state index contributed by atoms with van der Waals surface area (Å²) in [5.41, 5.74) is 0. The number of rotatable bonds is 2. The van der Waals surface area contributed by atoms with Gasteiger partial charge in [0.15, 0.2) is 0 Å². The Kier molecular flexibility index (Phi) is 4.19. The monoisotopic (exact) mass is 253 g/mol. The number of hydrogen-bond donors (Lipinski definition) is 1. The van der Waals surface area contributed by atoms with Crippen LogP contribution in [0.25, 0.3) is 0 Å². The number of piperazine rings is 1. The molecule has 2 aliphatic heterocycles. The SMILES string of the molecule is C=CC(=O)N1CCC(OC(=O)N2CCNCC2)C1. The molecule has 2 heterocycles. The first-order chi connectivity index (χ1) is 8.70. The van der Waals surface area contributed by atoms with Crippen LogP contribution in [-0.4, -0.2) is 67.2 Å². The minimum atomic E-state index is -0.269. The summed E-state index contributed by atoms with van der Waals surface area (Å²) in [5.74, 6) is -0.101. The molecule has 100 valence electrons. The van der Waals surface area contributed by atoms with Gasteiger partial charge >= 0.3 is 6.09 Å². The van der Waals surface area contributed by atoms with Gasteiger partial charge in [-0.2, -0.15) is 0 Å². The molecule has 0 aromatic heterocycles. The van der Waals surface area contributed by atoms with Gasteiger partial charge in [0, 0.05) is 39.1 Å². The van der Waals surface area contributed by atoms with E-state index in [2.05, 4.69) is 11.9 Å². The summed E-state index contributed by atoms with van der Waals surface area (Å²) < 4.78 is 5.41. The van der Waals surface area contributed by atoms with Crippen LogP contribution in [0.2, 0.25) is 0 Å². The van der Waals surface area contributed by atoms with Gasteiger partial charge in [0.25, 0.3) is 0 Å². The molecule has 0 radical (unpaired) electrons. The zero-order valence-corrected chi connectivity index (χ0v) is 10.4. The van der Waals surface area contributed by atoms with E-state index in [4.69, 9.17) is 4.74 Å². The van der Waals surface area contributed by atoms with Crippen LogP contribution in [0.4, 0.5) is 4.79 Å². The Balaban J connectivity index is 1.78. The van der Waals surface area contributed by atoms with Crippen molar-refractivity contribution in [3.8, 4) is 0 Å². The van der Waals surface area contributed by atoms with Crippen molar-refractivity contribution < 1.29 is 14.3 Å². The number of carbonyl (C=O) groups is 2. The third kappa shape index (κ3) is 3.01. The number of ether oxygens (including phenoxy) is 1. The molecule has 2 amide bonds. The largest absolute Gasteiger partial charge is 0.444 e. The van der Waals surface area contributed by atoms with Crippen molar-refractivity contribution in [1.82, 2.24) is 15.1 Å². The predicted octanol–water partition coefficient (Wildman–Crippen LogP) is -0.185. The summed E-state index contributed by atoms with van der Waals surface area (Å²) in [6.07, 6.45) is 1.54. The van der Waals surface area contributed by atoms with Crippen molar-refractivity contribution in [2.75, 3.05) is 39.3 Å². The molecule has 0 aromatic rings. The number of carbonyl (C=O) groups excluding carboxylic acids is 2. The Labute approximate surface area is 107 Å². The van der Waals surface area contributed by atoms with E-state index in [1.54, 1.807) is 9.80 Å². The van der Waals surface area contributed by atoms with E-state index in [0.29, 0.717) is 32.6 Å². The Morgan fingerprint density at radius 2 is 1.94 bits per heavy atom. The molecule has 1 N–H and O–H groups in total. The number of nitrogens with one attached hydrogen (secondary N) is 1. The molecule has 6 heteroatoms. The van der Waals surface area contributed by atoms with Gasteiger partial charge in [0.1, 0.15) is 6.10 Å². The lowest BCUT2D eigenvalue weighted by Crippen LogP contribution is -2.47. The fourth-order valence-electron chi connectivity index (χ4n) is 2.22. The second kappa shape index (κ2) is 5.86. The van der Waals surface area contributed by atoms with Crippen molar-refractivity contribution in [2.45, 2.75) is 12.5 Å². The first-order valence-corrected chi connectivity index (χ1v) is 6.28. The maximum absolute atomic E-state index is 11.9. The molecule has 1 atom stereocenters. The predicted molar refractivity (Wildman–Crippen MR) is 66.1 cm³/mol. The van der Waals surface area contributed by atoms with Crippen molar-refractivity contribution in [3.63, 3.8) is 0 Å². The van der Waals surface area contributed by atoms with Crippen LogP contribution in [-0.2, 0) is 9.53 Å². The molecule has 0 saturated carbocycles. The van der Waals surface area contributed by atoms with Gasteiger partial charge in [-0.15, -0.1) is 0 Å². The average Bonchev–Trinajstić information content (AvgIpc) is 2.87. The van der Waals surface area contributed by atoms with Crippen LogP contribution < -0.4 is 5.32 Å². The third-order valence-corrected chi connectivity index (χ3v) is 3.27. The van der Waals surface area contributed by atoms with Gasteiger partial charge in [-0.3, -0.25) is 4.79 Å². The van der Waals surface area contributed by atoms with Crippen LogP contribution in [0.15, 0.2) is 12.7 Å². The lowest BCUT2D eigenvalue weighted by atomic mass is 10.3. The molecule has 2 saturated heterocycles. The number of amides is 2. The van der Waals surface area contributed by atoms with Gasteiger partial charge in [-0.05, 0) is 6.08 Å². The first kappa shape index (κ1) is 12.9. The minimum absolute atomic E-state index is 0.101. The van der Waals surface area contributed by atoms with E-state index in [1.165, 1.54) is 6.08 Å². The van der Waals surface area contributed by atoms with Gasteiger partial charge in [-0.25, -0.2) is 4.79 Å². The maximum Gasteiger partial charge on any atom is 0.410 e. The van der Waals surface area contributed by atoms with Gasteiger partial charge < -0.3 is 19.9 Å². The molecule has 2 aliphatic rings. The molecule has 0 aromatic carbocycles. The van der Waals surface area contributed by atoms with Crippen LogP contribution in [0.5, 0.6) is 0 Å². The van der Waals surface area contributed by atoms with E-state index in [1.807, 2.05) is 0 Å². The second-order valence-corrected chi connectivity index (χ2v) is 4.52. The van der Waals surface area contributed by atoms with E-state index >= 15 is 0 Å². The average molecular weight is 253 g/mol. The minimum Gasteiger partial charge on any atom is -0.444 e. The molecule has 2 fully saturated rings. The smallest absolute Gasteiger partial charge is 0.410 e. The van der Waals surface area contributed by atoms with E-state index in [0.717, 1.165) is 13.1 Å². The fourth-order valence-corrected chi connectivity index (χ4v) is 2.22. The molecular formula is C12H19N3O3. The van der Waals surface area contributed by atoms with Gasteiger partial charge in [0.05, 0.1) is 6.54 Å². The van der Waals surface area contributed by atoms with Crippen LogP contribution in [0.3, 0.4) is 0 Å². The van der Waals surface area contributed by atoms with Crippen molar-refractivity contribution >= 4 is 12.0 Å². The van der Waals surface area contributed by atoms with E-state index in [-0.39, 0.29) is 18.1 Å². The molecule has 2 rings (SSSR count). The molecule has 18 heavy (non-hydrogen) atoms. The summed E-state index contributed by atoms with van der Waals surface area (Å²) >= 11 is 0. The highest BCUT2D eigenvalue weighted by molar-refractivity contribution is 5.87. The van der Waals surface area contributed by atoms with Crippen LogP contribution in [0, 0.1) is 0 Å². The van der Waals surface area contributed by atoms with E-state index < -0.39 is 0 Å². The summed E-state index contributed by atoms with van der Waals surface area (Å²) in [6.45, 7) is 7.53. The number of nitrogens with zero attached hydrogens (tertiary/aromatic N) is 2. The van der Waals surface area contributed by atoms with Crippen molar-refractivity contribution in [2.24, 2.45) is 0 Å². The summed E-state index contributed by atoms with van der Waals surface area (Å²) in [4.78, 5) is 26.6. The van der Waals surface area contributed by atoms with Gasteiger partial charge in [0.2, 0.25) is 5.91 Å². The second-order valence-electron chi connectivity index (χ2n) is 4.52. The zero-order chi connectivity index (χ0) is 13.0. The quantitative estimate of drug-likeness (QED) is 0.693. The molecule has 0 spiro atoms. The summed E-state index contributed by atoms with van der Waals surface area (Å²) in [7, 11) is 0. The molecule has 6 nitrogen and oxygen atoms in total. The number of hydrogen-bond acceptors (Lipinski definition) is 4. The Morgan fingerprint density at radius 3 is 2.61 bits per heavy atom. The molecular weight excluding hydrogens is 234 g/mol. The summed E-state index contributed by atoms with van der Waals surface area (Å²) in [6, 6.07) is 0. The highest BCUT2D eigenvalue weighted by Gasteiger charge is 2.29. The molecule has 0 aliphatic carbocycles. The fraction of sp³-hybridized carbons (Fsp3) is 0.667. The Morgan fingerprint density at radius 1 is 1.22 bits per heavy atom. The Hall–Kier alpha value is -1.56. The normalized spacial score (nSPS) is 23.9. The highest BCUT2D eigenvalue weighted by Crippen LogP contribution is 2.14. The number of likely N-dealkylation sites (tertiary alicyclic amines) is 1.